The van der Waals surface area contributed by atoms with Crippen molar-refractivity contribution in [2.75, 3.05) is 5.73 Å². The molecule has 1 spiro atoms. The summed E-state index contributed by atoms with van der Waals surface area (Å²) in [6, 6.07) is 16.4. The molecule has 2 N–H and O–H groups in total. The molecular formula is C22H22N2O. The second-order valence-electron chi connectivity index (χ2n) is 7.40. The fourth-order valence-corrected chi connectivity index (χ4v) is 4.70. The first-order valence-corrected chi connectivity index (χ1v) is 9.18. The Morgan fingerprint density at radius 1 is 1.08 bits per heavy atom. The number of rotatable bonds is 0. The van der Waals surface area contributed by atoms with Gasteiger partial charge in [0, 0.05) is 22.4 Å². The van der Waals surface area contributed by atoms with Gasteiger partial charge in [-0.2, -0.15) is 0 Å². The van der Waals surface area contributed by atoms with Gasteiger partial charge in [0.2, 0.25) is 0 Å². The van der Waals surface area contributed by atoms with Crippen LogP contribution in [0.25, 0.3) is 22.2 Å². The molecule has 2 atom stereocenters. The highest BCUT2D eigenvalue weighted by atomic mass is 16.5. The molecule has 2 aliphatic rings. The van der Waals surface area contributed by atoms with Gasteiger partial charge in [0.15, 0.2) is 0 Å². The number of anilines is 1. The minimum Gasteiger partial charge on any atom is -0.481 e. The summed E-state index contributed by atoms with van der Waals surface area (Å²) in [5.41, 5.74) is 11.3. The zero-order chi connectivity index (χ0) is 17.0. The molecule has 1 saturated carbocycles. The zero-order valence-corrected chi connectivity index (χ0v) is 14.5. The van der Waals surface area contributed by atoms with Gasteiger partial charge in [-0.15, -0.1) is 0 Å². The van der Waals surface area contributed by atoms with E-state index in [1.54, 1.807) is 0 Å². The van der Waals surface area contributed by atoms with E-state index < -0.39 is 0 Å². The summed E-state index contributed by atoms with van der Waals surface area (Å²) in [5.74, 6) is 1.35. The summed E-state index contributed by atoms with van der Waals surface area (Å²) in [4.78, 5) is 5.04. The summed E-state index contributed by atoms with van der Waals surface area (Å²) in [6.07, 6.45) is 4.58. The van der Waals surface area contributed by atoms with E-state index in [2.05, 4.69) is 25.1 Å². The Kier molecular flexibility index (Phi) is 3.08. The number of nitrogen functional groups attached to an aromatic ring is 1. The lowest BCUT2D eigenvalue weighted by atomic mass is 9.69. The number of para-hydroxylation sites is 2. The number of fused-ring (bicyclic) bond motifs is 5. The maximum absolute atomic E-state index is 6.74. The topological polar surface area (TPSA) is 48.1 Å². The van der Waals surface area contributed by atoms with Crippen LogP contribution < -0.4 is 10.5 Å². The van der Waals surface area contributed by atoms with Crippen LogP contribution in [0.2, 0.25) is 0 Å². The third-order valence-corrected chi connectivity index (χ3v) is 6.02. The van der Waals surface area contributed by atoms with E-state index in [9.17, 15) is 0 Å². The van der Waals surface area contributed by atoms with E-state index in [4.69, 9.17) is 15.5 Å². The van der Waals surface area contributed by atoms with Crippen LogP contribution in [0, 0.1) is 5.92 Å². The maximum Gasteiger partial charge on any atom is 0.141 e. The van der Waals surface area contributed by atoms with Crippen LogP contribution in [0.4, 0.5) is 5.69 Å². The zero-order valence-electron chi connectivity index (χ0n) is 14.5. The fraction of sp³-hybridized carbons (Fsp3) is 0.318. The molecule has 5 rings (SSSR count). The molecule has 1 aliphatic heterocycles. The van der Waals surface area contributed by atoms with Crippen molar-refractivity contribution in [3.63, 3.8) is 0 Å². The van der Waals surface area contributed by atoms with Gasteiger partial charge in [-0.1, -0.05) is 43.7 Å². The Balaban J connectivity index is 1.90. The molecule has 3 nitrogen and oxygen atoms in total. The Labute approximate surface area is 147 Å². The van der Waals surface area contributed by atoms with Crippen LogP contribution in [-0.4, -0.2) is 4.98 Å². The molecule has 1 aliphatic carbocycles. The van der Waals surface area contributed by atoms with Crippen molar-refractivity contribution in [3.05, 3.63) is 54.1 Å². The highest BCUT2D eigenvalue weighted by Crippen LogP contribution is 2.55. The van der Waals surface area contributed by atoms with E-state index in [-0.39, 0.29) is 5.60 Å². The predicted molar refractivity (Wildman–Crippen MR) is 102 cm³/mol. The molecule has 126 valence electrons. The van der Waals surface area contributed by atoms with Gasteiger partial charge >= 0.3 is 0 Å². The number of aromatic nitrogens is 1. The van der Waals surface area contributed by atoms with Gasteiger partial charge in [0.05, 0.1) is 16.9 Å². The molecule has 1 fully saturated rings. The second kappa shape index (κ2) is 5.22. The molecule has 25 heavy (non-hydrogen) atoms. The Morgan fingerprint density at radius 3 is 2.76 bits per heavy atom. The van der Waals surface area contributed by atoms with E-state index in [1.807, 2.05) is 30.3 Å². The summed E-state index contributed by atoms with van der Waals surface area (Å²) in [6.45, 7) is 2.30. The summed E-state index contributed by atoms with van der Waals surface area (Å²) >= 11 is 0. The van der Waals surface area contributed by atoms with Crippen LogP contribution in [0.1, 0.15) is 38.2 Å². The minimum atomic E-state index is -0.358. The van der Waals surface area contributed by atoms with E-state index in [1.165, 1.54) is 6.42 Å². The number of nitrogens with two attached hydrogens (primary N) is 1. The van der Waals surface area contributed by atoms with Crippen molar-refractivity contribution < 1.29 is 4.74 Å². The van der Waals surface area contributed by atoms with Crippen molar-refractivity contribution in [2.24, 2.45) is 5.92 Å². The molecule has 2 heterocycles. The van der Waals surface area contributed by atoms with Crippen LogP contribution in [-0.2, 0) is 5.60 Å². The number of hydrogen-bond acceptors (Lipinski definition) is 3. The highest BCUT2D eigenvalue weighted by molar-refractivity contribution is 5.97. The van der Waals surface area contributed by atoms with Gasteiger partial charge in [0.25, 0.3) is 0 Å². The summed E-state index contributed by atoms with van der Waals surface area (Å²) in [5, 5.41) is 1.03. The number of benzene rings is 2. The van der Waals surface area contributed by atoms with Gasteiger partial charge in [-0.05, 0) is 37.5 Å². The van der Waals surface area contributed by atoms with Crippen LogP contribution in [0.3, 0.4) is 0 Å². The van der Waals surface area contributed by atoms with Crippen molar-refractivity contribution >= 4 is 16.6 Å². The fourth-order valence-electron chi connectivity index (χ4n) is 4.70. The standard InChI is InChI=1S/C22H22N2O/c1-14-8-6-7-13-22(14)19-20(23)15-9-2-4-11-17(15)24-21(19)16-10-3-5-12-18(16)25-22/h2-5,9-12,14H,6-8,13H2,1H3,(H2,23,24). The second-order valence-corrected chi connectivity index (χ2v) is 7.40. The van der Waals surface area contributed by atoms with Crippen molar-refractivity contribution in [1.29, 1.82) is 0 Å². The monoisotopic (exact) mass is 330 g/mol. The molecule has 1 aromatic heterocycles. The molecule has 0 bridgehead atoms. The average Bonchev–Trinajstić information content (AvgIpc) is 2.64. The molecule has 3 heteroatoms. The van der Waals surface area contributed by atoms with Gasteiger partial charge < -0.3 is 10.5 Å². The Hall–Kier alpha value is -2.55. The molecule has 0 saturated heterocycles. The number of pyridine rings is 1. The largest absolute Gasteiger partial charge is 0.481 e. The SMILES string of the molecule is CC1CCCCC12Oc1ccccc1-c1nc3ccccc3c(N)c12. The Morgan fingerprint density at radius 2 is 1.88 bits per heavy atom. The predicted octanol–water partition coefficient (Wildman–Crippen LogP) is 5.28. The molecule has 3 aromatic rings. The molecule has 2 unspecified atom stereocenters. The van der Waals surface area contributed by atoms with Crippen LogP contribution in [0.15, 0.2) is 48.5 Å². The number of nitrogens with zero attached hydrogens (tertiary/aromatic N) is 1. The quantitative estimate of drug-likeness (QED) is 0.610. The third kappa shape index (κ3) is 1.95. The highest BCUT2D eigenvalue weighted by Gasteiger charge is 2.48. The molecular weight excluding hydrogens is 308 g/mol. The third-order valence-electron chi connectivity index (χ3n) is 6.02. The minimum absolute atomic E-state index is 0.358. The van der Waals surface area contributed by atoms with E-state index in [0.717, 1.165) is 58.4 Å². The number of ether oxygens (including phenoxy) is 1. The smallest absolute Gasteiger partial charge is 0.141 e. The first-order chi connectivity index (χ1) is 12.2. The number of hydrogen-bond donors (Lipinski definition) is 1. The lowest BCUT2D eigenvalue weighted by molar-refractivity contribution is -0.0234. The first kappa shape index (κ1) is 14.8. The van der Waals surface area contributed by atoms with Crippen molar-refractivity contribution in [2.45, 2.75) is 38.2 Å². The lowest BCUT2D eigenvalue weighted by Crippen LogP contribution is -2.45. The average molecular weight is 330 g/mol. The van der Waals surface area contributed by atoms with Crippen LogP contribution >= 0.6 is 0 Å². The van der Waals surface area contributed by atoms with Crippen molar-refractivity contribution in [3.8, 4) is 17.0 Å². The van der Waals surface area contributed by atoms with Crippen LogP contribution in [0.5, 0.6) is 5.75 Å². The molecule has 0 radical (unpaired) electrons. The first-order valence-electron chi connectivity index (χ1n) is 9.18. The normalized spacial score (nSPS) is 24.6. The van der Waals surface area contributed by atoms with E-state index in [0.29, 0.717) is 5.92 Å². The summed E-state index contributed by atoms with van der Waals surface area (Å²) in [7, 11) is 0. The Bertz CT molecular complexity index is 981. The summed E-state index contributed by atoms with van der Waals surface area (Å²) < 4.78 is 6.71. The van der Waals surface area contributed by atoms with Crippen molar-refractivity contribution in [1.82, 2.24) is 4.98 Å². The lowest BCUT2D eigenvalue weighted by Gasteiger charge is -2.47. The van der Waals surface area contributed by atoms with Gasteiger partial charge in [0.1, 0.15) is 11.4 Å². The van der Waals surface area contributed by atoms with Gasteiger partial charge in [-0.25, -0.2) is 4.98 Å². The van der Waals surface area contributed by atoms with Gasteiger partial charge in [-0.3, -0.25) is 0 Å². The van der Waals surface area contributed by atoms with E-state index >= 15 is 0 Å². The maximum atomic E-state index is 6.74. The molecule has 2 aromatic carbocycles. The molecule has 0 amide bonds.